The van der Waals surface area contributed by atoms with Crippen molar-refractivity contribution in [3.05, 3.63) is 24.1 Å². The van der Waals surface area contributed by atoms with Crippen molar-refractivity contribution in [2.45, 2.75) is 19.8 Å². The second-order valence-corrected chi connectivity index (χ2v) is 4.96. The summed E-state index contributed by atoms with van der Waals surface area (Å²) in [6, 6.07) is 3.97. The third-order valence-corrected chi connectivity index (χ3v) is 3.09. The molecule has 1 aromatic heterocycles. The van der Waals surface area contributed by atoms with Crippen molar-refractivity contribution in [1.82, 2.24) is 4.98 Å². The molecule has 0 spiro atoms. The van der Waals surface area contributed by atoms with Crippen LogP contribution in [0.1, 0.15) is 19.8 Å². The Kier molecular flexibility index (Phi) is 4.02. The zero-order chi connectivity index (χ0) is 11.3. The zero-order valence-corrected chi connectivity index (χ0v) is 9.22. The molecule has 1 aromatic rings. The Morgan fingerprint density at radius 2 is 2.20 bits per heavy atom. The predicted octanol–water partition coefficient (Wildman–Crippen LogP) is 1.76. The molecule has 0 aromatic carbocycles. The number of nitrogens with zero attached hydrogens (tertiary/aromatic N) is 1. The van der Waals surface area contributed by atoms with E-state index in [1.807, 2.05) is 6.92 Å². The largest absolute Gasteiger partial charge is 0.267 e. The third-order valence-electron chi connectivity index (χ3n) is 1.74. The summed E-state index contributed by atoms with van der Waals surface area (Å²) in [6.45, 7) is 1.90. The Hall–Kier alpha value is -1.17. The van der Waals surface area contributed by atoms with Crippen LogP contribution in [-0.2, 0) is 10.0 Å². The highest BCUT2D eigenvalue weighted by molar-refractivity contribution is 7.92. The van der Waals surface area contributed by atoms with E-state index in [2.05, 4.69) is 9.71 Å². The fraction of sp³-hybridized carbons (Fsp3) is 0.444. The maximum Gasteiger partial charge on any atom is 0.233 e. The highest BCUT2D eigenvalue weighted by atomic mass is 32.2. The van der Waals surface area contributed by atoms with E-state index < -0.39 is 16.0 Å². The summed E-state index contributed by atoms with van der Waals surface area (Å²) >= 11 is 0. The SMILES string of the molecule is CCCCS(=O)(=O)Nc1cccc(F)n1. The fourth-order valence-electron chi connectivity index (χ4n) is 1.01. The van der Waals surface area contributed by atoms with Crippen LogP contribution in [0.3, 0.4) is 0 Å². The zero-order valence-electron chi connectivity index (χ0n) is 8.40. The summed E-state index contributed by atoms with van der Waals surface area (Å²) in [6.07, 6.45) is 1.36. The predicted molar refractivity (Wildman–Crippen MR) is 56.5 cm³/mol. The van der Waals surface area contributed by atoms with Gasteiger partial charge in [-0.15, -0.1) is 0 Å². The average Bonchev–Trinajstić information content (AvgIpc) is 2.14. The lowest BCUT2D eigenvalue weighted by molar-refractivity contribution is 0.584. The lowest BCUT2D eigenvalue weighted by Gasteiger charge is -2.05. The molecule has 1 heterocycles. The second kappa shape index (κ2) is 5.06. The van der Waals surface area contributed by atoms with Gasteiger partial charge in [-0.2, -0.15) is 4.39 Å². The maximum absolute atomic E-state index is 12.6. The van der Waals surface area contributed by atoms with E-state index in [1.165, 1.54) is 12.1 Å². The van der Waals surface area contributed by atoms with Crippen molar-refractivity contribution in [2.75, 3.05) is 10.5 Å². The first-order chi connectivity index (χ1) is 7.03. The van der Waals surface area contributed by atoms with Crippen molar-refractivity contribution in [3.8, 4) is 0 Å². The Labute approximate surface area is 88.6 Å². The summed E-state index contributed by atoms with van der Waals surface area (Å²) in [5.74, 6) is -0.654. The first-order valence-electron chi connectivity index (χ1n) is 4.66. The standard InChI is InChI=1S/C9H13FN2O2S/c1-2-3-7-15(13,14)12-9-6-4-5-8(10)11-9/h4-6H,2-3,7H2,1H3,(H,11,12). The number of halogens is 1. The van der Waals surface area contributed by atoms with Crippen molar-refractivity contribution in [3.63, 3.8) is 0 Å². The molecule has 0 bridgehead atoms. The lowest BCUT2D eigenvalue weighted by Crippen LogP contribution is -2.17. The molecule has 0 saturated heterocycles. The summed E-state index contributed by atoms with van der Waals surface area (Å²) in [4.78, 5) is 3.41. The smallest absolute Gasteiger partial charge is 0.233 e. The van der Waals surface area contributed by atoms with Gasteiger partial charge in [0.05, 0.1) is 5.75 Å². The third kappa shape index (κ3) is 4.24. The van der Waals surface area contributed by atoms with Crippen LogP contribution in [0.2, 0.25) is 0 Å². The molecule has 0 aliphatic carbocycles. The molecular formula is C9H13FN2O2S. The van der Waals surface area contributed by atoms with E-state index in [-0.39, 0.29) is 11.6 Å². The minimum atomic E-state index is -3.39. The van der Waals surface area contributed by atoms with E-state index >= 15 is 0 Å². The van der Waals surface area contributed by atoms with E-state index in [9.17, 15) is 12.8 Å². The summed E-state index contributed by atoms with van der Waals surface area (Å²) in [5.41, 5.74) is 0. The van der Waals surface area contributed by atoms with E-state index in [0.717, 1.165) is 12.5 Å². The van der Waals surface area contributed by atoms with Crippen molar-refractivity contribution >= 4 is 15.8 Å². The number of rotatable bonds is 5. The fourth-order valence-corrected chi connectivity index (χ4v) is 2.21. The highest BCUT2D eigenvalue weighted by Gasteiger charge is 2.10. The molecule has 0 atom stereocenters. The molecule has 0 saturated carbocycles. The van der Waals surface area contributed by atoms with Crippen LogP contribution in [0.25, 0.3) is 0 Å². The Bertz CT molecular complexity index is 420. The molecule has 15 heavy (non-hydrogen) atoms. The van der Waals surface area contributed by atoms with Gasteiger partial charge in [0.1, 0.15) is 5.82 Å². The van der Waals surface area contributed by atoms with Gasteiger partial charge in [-0.3, -0.25) is 4.72 Å². The van der Waals surface area contributed by atoms with E-state index in [0.29, 0.717) is 6.42 Å². The van der Waals surface area contributed by atoms with Gasteiger partial charge in [-0.1, -0.05) is 19.4 Å². The van der Waals surface area contributed by atoms with E-state index in [4.69, 9.17) is 0 Å². The maximum atomic E-state index is 12.6. The monoisotopic (exact) mass is 232 g/mol. The number of nitrogens with one attached hydrogen (secondary N) is 1. The Balaban J connectivity index is 2.69. The molecule has 1 rings (SSSR count). The van der Waals surface area contributed by atoms with Crippen LogP contribution in [0.15, 0.2) is 18.2 Å². The van der Waals surface area contributed by atoms with Crippen LogP contribution in [-0.4, -0.2) is 19.2 Å². The van der Waals surface area contributed by atoms with Gasteiger partial charge in [0.25, 0.3) is 0 Å². The van der Waals surface area contributed by atoms with Crippen LogP contribution >= 0.6 is 0 Å². The van der Waals surface area contributed by atoms with Gasteiger partial charge in [0.15, 0.2) is 0 Å². The van der Waals surface area contributed by atoms with Crippen molar-refractivity contribution in [2.24, 2.45) is 0 Å². The molecule has 0 radical (unpaired) electrons. The average molecular weight is 232 g/mol. The van der Waals surface area contributed by atoms with Crippen LogP contribution in [0.4, 0.5) is 10.2 Å². The molecule has 0 unspecified atom stereocenters. The number of anilines is 1. The van der Waals surface area contributed by atoms with Crippen molar-refractivity contribution < 1.29 is 12.8 Å². The number of sulfonamides is 1. The molecule has 0 fully saturated rings. The summed E-state index contributed by atoms with van der Waals surface area (Å²) in [5, 5.41) is 0. The van der Waals surface area contributed by atoms with Crippen LogP contribution < -0.4 is 4.72 Å². The number of hydrogen-bond donors (Lipinski definition) is 1. The van der Waals surface area contributed by atoms with Gasteiger partial charge in [0.2, 0.25) is 16.0 Å². The summed E-state index contributed by atoms with van der Waals surface area (Å²) < 4.78 is 37.7. The molecule has 6 heteroatoms. The van der Waals surface area contributed by atoms with Gasteiger partial charge < -0.3 is 0 Å². The number of hydrogen-bond acceptors (Lipinski definition) is 3. The van der Waals surface area contributed by atoms with Crippen LogP contribution in [0.5, 0.6) is 0 Å². The minimum absolute atomic E-state index is 0.0195. The van der Waals surface area contributed by atoms with Gasteiger partial charge in [0, 0.05) is 0 Å². The first-order valence-corrected chi connectivity index (χ1v) is 6.32. The second-order valence-electron chi connectivity index (χ2n) is 3.12. The Morgan fingerprint density at radius 1 is 1.47 bits per heavy atom. The van der Waals surface area contributed by atoms with Crippen LogP contribution in [0, 0.1) is 5.95 Å². The van der Waals surface area contributed by atoms with Gasteiger partial charge in [-0.25, -0.2) is 13.4 Å². The molecule has 0 aliphatic heterocycles. The first kappa shape index (κ1) is 11.9. The molecule has 1 N–H and O–H groups in total. The number of pyridine rings is 1. The quantitative estimate of drug-likeness (QED) is 0.787. The molecule has 0 amide bonds. The molecule has 4 nitrogen and oxygen atoms in total. The molecule has 84 valence electrons. The minimum Gasteiger partial charge on any atom is -0.267 e. The highest BCUT2D eigenvalue weighted by Crippen LogP contribution is 2.07. The normalized spacial score (nSPS) is 11.3. The summed E-state index contributed by atoms with van der Waals surface area (Å²) in [7, 11) is -3.39. The topological polar surface area (TPSA) is 59.1 Å². The number of unbranched alkanes of at least 4 members (excludes halogenated alkanes) is 1. The van der Waals surface area contributed by atoms with Gasteiger partial charge >= 0.3 is 0 Å². The molecule has 0 aliphatic rings. The number of aromatic nitrogens is 1. The molecular weight excluding hydrogens is 219 g/mol. The van der Waals surface area contributed by atoms with Gasteiger partial charge in [-0.05, 0) is 18.6 Å². The van der Waals surface area contributed by atoms with E-state index in [1.54, 1.807) is 0 Å². The van der Waals surface area contributed by atoms with Crippen molar-refractivity contribution in [1.29, 1.82) is 0 Å². The lowest BCUT2D eigenvalue weighted by atomic mass is 10.4. The Morgan fingerprint density at radius 3 is 2.80 bits per heavy atom.